The van der Waals surface area contributed by atoms with Gasteiger partial charge in [-0.3, -0.25) is 10.1 Å². The summed E-state index contributed by atoms with van der Waals surface area (Å²) in [5.41, 5.74) is 3.71. The van der Waals surface area contributed by atoms with Gasteiger partial charge in [-0.1, -0.05) is 42.5 Å². The van der Waals surface area contributed by atoms with Crippen molar-refractivity contribution in [1.29, 1.82) is 0 Å². The smallest absolute Gasteiger partial charge is 0.269 e. The molecule has 2 aromatic heterocycles. The molecule has 0 unspecified atom stereocenters. The zero-order valence-electron chi connectivity index (χ0n) is 19.3. The minimum atomic E-state index is -0.426. The molecule has 10 nitrogen and oxygen atoms in total. The third-order valence-electron chi connectivity index (χ3n) is 5.43. The van der Waals surface area contributed by atoms with Gasteiger partial charge in [0.2, 0.25) is 5.82 Å². The molecule has 0 saturated carbocycles. The molecule has 0 saturated heterocycles. The van der Waals surface area contributed by atoms with E-state index >= 15 is 0 Å². The topological polar surface area (TPSA) is 114 Å². The maximum Gasteiger partial charge on any atom is 0.269 e. The van der Waals surface area contributed by atoms with E-state index in [0.29, 0.717) is 12.4 Å². The van der Waals surface area contributed by atoms with Crippen molar-refractivity contribution in [3.05, 3.63) is 106 Å². The van der Waals surface area contributed by atoms with Crippen molar-refractivity contribution >= 4 is 17.4 Å². The second kappa shape index (κ2) is 10.4. The first-order valence-corrected chi connectivity index (χ1v) is 12.0. The standard InChI is InChI=1S/C25H21N7O3S/c1-35-22-13-11-20(12-14-22)31-25(36-17-19-5-3-2-4-6-19)23(15-26-31)24-27-29-30(28-24)16-18-7-9-21(10-8-18)32(33)34/h2-15H,16-17H2,1H3. The largest absolute Gasteiger partial charge is 0.497 e. The van der Waals surface area contributed by atoms with Crippen LogP contribution in [0.3, 0.4) is 0 Å². The van der Waals surface area contributed by atoms with Gasteiger partial charge in [0.25, 0.3) is 5.69 Å². The Morgan fingerprint density at radius 2 is 1.72 bits per heavy atom. The number of non-ortho nitro benzene ring substituents is 1. The first-order chi connectivity index (χ1) is 17.6. The quantitative estimate of drug-likeness (QED) is 0.162. The van der Waals surface area contributed by atoms with Crippen LogP contribution >= 0.6 is 11.8 Å². The number of methoxy groups -OCH3 is 1. The summed E-state index contributed by atoms with van der Waals surface area (Å²) in [6, 6.07) is 24.2. The molecule has 0 aliphatic heterocycles. The van der Waals surface area contributed by atoms with Crippen LogP contribution in [0.2, 0.25) is 0 Å². The summed E-state index contributed by atoms with van der Waals surface area (Å²) in [6.45, 7) is 0.337. The zero-order valence-corrected chi connectivity index (χ0v) is 20.1. The van der Waals surface area contributed by atoms with E-state index in [9.17, 15) is 10.1 Å². The van der Waals surface area contributed by atoms with Crippen LogP contribution in [0.15, 0.2) is 90.1 Å². The number of tetrazole rings is 1. The van der Waals surface area contributed by atoms with Crippen LogP contribution in [-0.2, 0) is 12.3 Å². The van der Waals surface area contributed by atoms with Gasteiger partial charge in [0.1, 0.15) is 10.8 Å². The molecule has 0 bridgehead atoms. The molecule has 0 amide bonds. The molecule has 3 aromatic carbocycles. The molecular formula is C25H21N7O3S. The molecule has 0 N–H and O–H groups in total. The maximum absolute atomic E-state index is 10.9. The van der Waals surface area contributed by atoms with Gasteiger partial charge in [0.05, 0.1) is 36.0 Å². The monoisotopic (exact) mass is 499 g/mol. The summed E-state index contributed by atoms with van der Waals surface area (Å²) < 4.78 is 7.15. The average molecular weight is 500 g/mol. The molecule has 0 radical (unpaired) electrons. The molecular weight excluding hydrogens is 478 g/mol. The van der Waals surface area contributed by atoms with Gasteiger partial charge in [-0.05, 0) is 40.6 Å². The van der Waals surface area contributed by atoms with Crippen molar-refractivity contribution in [2.45, 2.75) is 17.3 Å². The lowest BCUT2D eigenvalue weighted by Gasteiger charge is -2.09. The number of rotatable bonds is 9. The van der Waals surface area contributed by atoms with Crippen molar-refractivity contribution in [3.8, 4) is 22.8 Å². The van der Waals surface area contributed by atoms with Crippen molar-refractivity contribution in [2.75, 3.05) is 7.11 Å². The summed E-state index contributed by atoms with van der Waals surface area (Å²) in [6.07, 6.45) is 1.74. The fourth-order valence-corrected chi connectivity index (χ4v) is 4.64. The normalized spacial score (nSPS) is 10.9. The van der Waals surface area contributed by atoms with E-state index in [1.807, 2.05) is 47.1 Å². The molecule has 11 heteroatoms. The lowest BCUT2D eigenvalue weighted by molar-refractivity contribution is -0.384. The van der Waals surface area contributed by atoms with Crippen LogP contribution in [0.1, 0.15) is 11.1 Å². The van der Waals surface area contributed by atoms with E-state index in [-0.39, 0.29) is 5.69 Å². The molecule has 5 aromatic rings. The number of nitro benzene ring substituents is 1. The Bertz CT molecular complexity index is 1470. The number of nitro groups is 1. The number of hydrogen-bond donors (Lipinski definition) is 0. The van der Waals surface area contributed by atoms with Gasteiger partial charge in [0, 0.05) is 17.9 Å². The van der Waals surface area contributed by atoms with E-state index in [4.69, 9.17) is 4.74 Å². The molecule has 0 aliphatic rings. The SMILES string of the molecule is COc1ccc(-n2ncc(-c3nnn(Cc4ccc([N+](=O)[O-])cc4)n3)c2SCc2ccccc2)cc1. The van der Waals surface area contributed by atoms with E-state index < -0.39 is 4.92 Å². The molecule has 180 valence electrons. The number of thioether (sulfide) groups is 1. The maximum atomic E-state index is 10.9. The lowest BCUT2D eigenvalue weighted by atomic mass is 10.2. The fraction of sp³-hybridized carbons (Fsp3) is 0.120. The molecule has 0 spiro atoms. The Morgan fingerprint density at radius 3 is 2.42 bits per heavy atom. The number of benzene rings is 3. The van der Waals surface area contributed by atoms with Crippen LogP contribution in [0.4, 0.5) is 5.69 Å². The van der Waals surface area contributed by atoms with Gasteiger partial charge in [0.15, 0.2) is 0 Å². The molecule has 0 fully saturated rings. The fourth-order valence-electron chi connectivity index (χ4n) is 3.57. The Labute approximate surface area is 210 Å². The third kappa shape index (κ3) is 5.10. The van der Waals surface area contributed by atoms with Crippen LogP contribution < -0.4 is 4.74 Å². The summed E-state index contributed by atoms with van der Waals surface area (Å²) in [5, 5.41) is 29.4. The van der Waals surface area contributed by atoms with E-state index in [1.165, 1.54) is 22.5 Å². The second-order valence-corrected chi connectivity index (χ2v) is 8.78. The molecule has 0 atom stereocenters. The summed E-state index contributed by atoms with van der Waals surface area (Å²) in [7, 11) is 1.63. The van der Waals surface area contributed by atoms with Gasteiger partial charge >= 0.3 is 0 Å². The van der Waals surface area contributed by atoms with Gasteiger partial charge in [-0.15, -0.1) is 22.0 Å². The van der Waals surface area contributed by atoms with Crippen molar-refractivity contribution in [2.24, 2.45) is 0 Å². The van der Waals surface area contributed by atoms with E-state index in [1.54, 1.807) is 37.2 Å². The predicted octanol–water partition coefficient (Wildman–Crippen LogP) is 4.78. The van der Waals surface area contributed by atoms with Crippen molar-refractivity contribution < 1.29 is 9.66 Å². The Hall–Kier alpha value is -4.51. The molecule has 2 heterocycles. The highest BCUT2D eigenvalue weighted by molar-refractivity contribution is 7.98. The Morgan fingerprint density at radius 1 is 0.972 bits per heavy atom. The number of nitrogens with zero attached hydrogens (tertiary/aromatic N) is 7. The summed E-state index contributed by atoms with van der Waals surface area (Å²) >= 11 is 1.64. The summed E-state index contributed by atoms with van der Waals surface area (Å²) in [4.78, 5) is 11.9. The molecule has 5 rings (SSSR count). The van der Waals surface area contributed by atoms with Gasteiger partial charge < -0.3 is 4.74 Å². The molecule has 36 heavy (non-hydrogen) atoms. The second-order valence-electron chi connectivity index (χ2n) is 7.81. The Kier molecular flexibility index (Phi) is 6.72. The zero-order chi connectivity index (χ0) is 24.9. The predicted molar refractivity (Wildman–Crippen MR) is 135 cm³/mol. The van der Waals surface area contributed by atoms with Crippen LogP contribution in [0.5, 0.6) is 5.75 Å². The Balaban J connectivity index is 1.44. The third-order valence-corrected chi connectivity index (χ3v) is 6.57. The first-order valence-electron chi connectivity index (χ1n) is 11.0. The number of hydrogen-bond acceptors (Lipinski definition) is 8. The van der Waals surface area contributed by atoms with Gasteiger partial charge in [-0.2, -0.15) is 9.90 Å². The average Bonchev–Trinajstić information content (AvgIpc) is 3.55. The highest BCUT2D eigenvalue weighted by Crippen LogP contribution is 2.34. The number of aromatic nitrogens is 6. The van der Waals surface area contributed by atoms with Crippen molar-refractivity contribution in [3.63, 3.8) is 0 Å². The highest BCUT2D eigenvalue weighted by Gasteiger charge is 2.19. The van der Waals surface area contributed by atoms with Crippen LogP contribution in [0, 0.1) is 10.1 Å². The summed E-state index contributed by atoms with van der Waals surface area (Å²) in [5.74, 6) is 1.96. The van der Waals surface area contributed by atoms with Crippen LogP contribution in [0.25, 0.3) is 17.1 Å². The van der Waals surface area contributed by atoms with Crippen molar-refractivity contribution in [1.82, 2.24) is 30.0 Å². The lowest BCUT2D eigenvalue weighted by Crippen LogP contribution is -2.04. The minimum Gasteiger partial charge on any atom is -0.497 e. The van der Waals surface area contributed by atoms with E-state index in [0.717, 1.165) is 33.3 Å². The van der Waals surface area contributed by atoms with Gasteiger partial charge in [-0.25, -0.2) is 4.68 Å². The number of ether oxygens (including phenoxy) is 1. The van der Waals surface area contributed by atoms with E-state index in [2.05, 4.69) is 32.6 Å². The van der Waals surface area contributed by atoms with Crippen LogP contribution in [-0.4, -0.2) is 42.0 Å². The first kappa shape index (κ1) is 23.2. The minimum absolute atomic E-state index is 0.0389. The molecule has 0 aliphatic carbocycles. The highest BCUT2D eigenvalue weighted by atomic mass is 32.2.